The Morgan fingerprint density at radius 1 is 1.25 bits per heavy atom. The number of likely N-dealkylation sites (tertiary alicyclic amines) is 1. The molecule has 24 heavy (non-hydrogen) atoms. The van der Waals surface area contributed by atoms with Crippen molar-refractivity contribution in [3.63, 3.8) is 0 Å². The summed E-state index contributed by atoms with van der Waals surface area (Å²) < 4.78 is 0. The van der Waals surface area contributed by atoms with E-state index in [0.717, 1.165) is 36.2 Å². The Morgan fingerprint density at radius 3 is 2.96 bits per heavy atom. The van der Waals surface area contributed by atoms with Gasteiger partial charge in [-0.05, 0) is 37.1 Å². The molecule has 3 N–H and O–H groups in total. The molecule has 0 unspecified atom stereocenters. The Hall–Kier alpha value is -2.89. The third kappa shape index (κ3) is 2.60. The minimum atomic E-state index is -0.0542. The summed E-state index contributed by atoms with van der Waals surface area (Å²) in [5.41, 5.74) is 8.32. The van der Waals surface area contributed by atoms with Crippen LogP contribution in [0.25, 0.3) is 11.0 Å². The summed E-state index contributed by atoms with van der Waals surface area (Å²) in [6.07, 6.45) is 3.57. The Balaban J connectivity index is 1.57. The largest absolute Gasteiger partial charge is 0.383 e. The SMILES string of the molecule is Nc1ncccc1C(=O)N1CCC[C@H](c2nc3ccccc3[nH]2)C1. The number of carbonyl (C=O) groups is 1. The highest BCUT2D eigenvalue weighted by molar-refractivity contribution is 5.98. The van der Waals surface area contributed by atoms with Gasteiger partial charge in [-0.15, -0.1) is 0 Å². The number of benzene rings is 1. The minimum absolute atomic E-state index is 0.0542. The average Bonchev–Trinajstić information content (AvgIpc) is 3.06. The monoisotopic (exact) mass is 321 g/mol. The predicted octanol–water partition coefficient (Wildman–Crippen LogP) is 2.56. The summed E-state index contributed by atoms with van der Waals surface area (Å²) in [5.74, 6) is 1.40. The number of aromatic amines is 1. The van der Waals surface area contributed by atoms with E-state index in [1.165, 1.54) is 0 Å². The number of aromatic nitrogens is 3. The molecular formula is C18H19N5O. The van der Waals surface area contributed by atoms with Crippen molar-refractivity contribution in [2.75, 3.05) is 18.8 Å². The van der Waals surface area contributed by atoms with Crippen LogP contribution in [0.2, 0.25) is 0 Å². The number of anilines is 1. The second-order valence-corrected chi connectivity index (χ2v) is 6.17. The Kier molecular flexibility index (Phi) is 3.65. The highest BCUT2D eigenvalue weighted by Gasteiger charge is 2.28. The van der Waals surface area contributed by atoms with Crippen molar-refractivity contribution in [3.05, 3.63) is 54.0 Å². The first-order valence-electron chi connectivity index (χ1n) is 8.17. The summed E-state index contributed by atoms with van der Waals surface area (Å²) in [6, 6.07) is 11.5. The second kappa shape index (κ2) is 5.96. The van der Waals surface area contributed by atoms with Crippen molar-refractivity contribution in [1.29, 1.82) is 0 Å². The molecule has 3 aromatic rings. The maximum Gasteiger partial charge on any atom is 0.257 e. The average molecular weight is 321 g/mol. The third-order valence-corrected chi connectivity index (χ3v) is 4.57. The molecule has 2 aromatic heterocycles. The van der Waals surface area contributed by atoms with Crippen molar-refractivity contribution in [2.24, 2.45) is 0 Å². The number of imidazole rings is 1. The molecule has 1 saturated heterocycles. The van der Waals surface area contributed by atoms with E-state index in [1.54, 1.807) is 18.3 Å². The van der Waals surface area contributed by atoms with E-state index < -0.39 is 0 Å². The van der Waals surface area contributed by atoms with Crippen molar-refractivity contribution in [3.8, 4) is 0 Å². The van der Waals surface area contributed by atoms with Gasteiger partial charge in [0, 0.05) is 25.2 Å². The van der Waals surface area contributed by atoms with Crippen LogP contribution in [-0.2, 0) is 0 Å². The van der Waals surface area contributed by atoms with Crippen molar-refractivity contribution in [2.45, 2.75) is 18.8 Å². The molecule has 1 atom stereocenters. The van der Waals surface area contributed by atoms with Crippen LogP contribution in [0.3, 0.4) is 0 Å². The summed E-state index contributed by atoms with van der Waals surface area (Å²) >= 11 is 0. The first-order valence-corrected chi connectivity index (χ1v) is 8.17. The zero-order chi connectivity index (χ0) is 16.5. The maximum atomic E-state index is 12.7. The number of nitrogens with one attached hydrogen (secondary N) is 1. The number of fused-ring (bicyclic) bond motifs is 1. The predicted molar refractivity (Wildman–Crippen MR) is 92.6 cm³/mol. The Morgan fingerprint density at radius 2 is 2.12 bits per heavy atom. The van der Waals surface area contributed by atoms with Gasteiger partial charge in [0.05, 0.1) is 16.6 Å². The molecule has 4 rings (SSSR count). The van der Waals surface area contributed by atoms with E-state index in [9.17, 15) is 4.79 Å². The Labute approximate surface area is 139 Å². The van der Waals surface area contributed by atoms with E-state index in [1.807, 2.05) is 29.2 Å². The van der Waals surface area contributed by atoms with Crippen molar-refractivity contribution < 1.29 is 4.79 Å². The molecule has 6 nitrogen and oxygen atoms in total. The number of H-pyrrole nitrogens is 1. The normalized spacial score (nSPS) is 18.0. The van der Waals surface area contributed by atoms with Gasteiger partial charge in [0.25, 0.3) is 5.91 Å². The number of nitrogens with two attached hydrogens (primary N) is 1. The molecule has 1 aliphatic rings. The number of piperidine rings is 1. The van der Waals surface area contributed by atoms with Crippen LogP contribution in [0, 0.1) is 0 Å². The molecule has 1 aliphatic heterocycles. The summed E-state index contributed by atoms with van der Waals surface area (Å²) in [4.78, 5) is 26.7. The number of rotatable bonds is 2. The van der Waals surface area contributed by atoms with Crippen LogP contribution in [0.4, 0.5) is 5.82 Å². The number of nitrogen functional groups attached to an aromatic ring is 1. The fourth-order valence-electron chi connectivity index (χ4n) is 3.32. The summed E-state index contributed by atoms with van der Waals surface area (Å²) in [7, 11) is 0. The first kappa shape index (κ1) is 14.7. The fraction of sp³-hybridized carbons (Fsp3) is 0.278. The van der Waals surface area contributed by atoms with E-state index in [0.29, 0.717) is 12.1 Å². The van der Waals surface area contributed by atoms with Crippen LogP contribution in [-0.4, -0.2) is 38.8 Å². The lowest BCUT2D eigenvalue weighted by Crippen LogP contribution is -2.39. The number of hydrogen-bond donors (Lipinski definition) is 2. The summed E-state index contributed by atoms with van der Waals surface area (Å²) in [6.45, 7) is 1.39. The molecule has 1 fully saturated rings. The quantitative estimate of drug-likeness (QED) is 0.759. The van der Waals surface area contributed by atoms with E-state index in [2.05, 4.69) is 15.0 Å². The molecule has 0 aliphatic carbocycles. The zero-order valence-electron chi connectivity index (χ0n) is 13.3. The van der Waals surface area contributed by atoms with Crippen LogP contribution >= 0.6 is 0 Å². The minimum Gasteiger partial charge on any atom is -0.383 e. The number of amides is 1. The first-order chi connectivity index (χ1) is 11.7. The lowest BCUT2D eigenvalue weighted by Gasteiger charge is -2.32. The van der Waals surface area contributed by atoms with Crippen LogP contribution in [0.1, 0.15) is 34.9 Å². The number of hydrogen-bond acceptors (Lipinski definition) is 4. The lowest BCUT2D eigenvalue weighted by molar-refractivity contribution is 0.0705. The van der Waals surface area contributed by atoms with Crippen LogP contribution in [0.15, 0.2) is 42.6 Å². The van der Waals surface area contributed by atoms with Gasteiger partial charge in [-0.1, -0.05) is 12.1 Å². The van der Waals surface area contributed by atoms with Gasteiger partial charge < -0.3 is 15.6 Å². The Bertz CT molecular complexity index is 855. The maximum absolute atomic E-state index is 12.7. The van der Waals surface area contributed by atoms with Gasteiger partial charge in [0.2, 0.25) is 0 Å². The third-order valence-electron chi connectivity index (χ3n) is 4.57. The smallest absolute Gasteiger partial charge is 0.257 e. The highest BCUT2D eigenvalue weighted by Crippen LogP contribution is 2.28. The molecule has 1 aromatic carbocycles. The number of pyridine rings is 1. The summed E-state index contributed by atoms with van der Waals surface area (Å²) in [5, 5.41) is 0. The van der Waals surface area contributed by atoms with Crippen LogP contribution in [0.5, 0.6) is 0 Å². The second-order valence-electron chi connectivity index (χ2n) is 6.17. The molecular weight excluding hydrogens is 302 g/mol. The molecule has 0 spiro atoms. The number of carbonyl (C=O) groups excluding carboxylic acids is 1. The molecule has 3 heterocycles. The molecule has 0 bridgehead atoms. The molecule has 1 amide bonds. The number of nitrogens with zero attached hydrogens (tertiary/aromatic N) is 3. The zero-order valence-corrected chi connectivity index (χ0v) is 13.3. The molecule has 122 valence electrons. The molecule has 0 saturated carbocycles. The van der Waals surface area contributed by atoms with Crippen LogP contribution < -0.4 is 5.73 Å². The van der Waals surface area contributed by atoms with E-state index in [-0.39, 0.29) is 17.6 Å². The highest BCUT2D eigenvalue weighted by atomic mass is 16.2. The van der Waals surface area contributed by atoms with Gasteiger partial charge in [-0.25, -0.2) is 9.97 Å². The van der Waals surface area contributed by atoms with Crippen molar-refractivity contribution in [1.82, 2.24) is 19.9 Å². The van der Waals surface area contributed by atoms with E-state index >= 15 is 0 Å². The van der Waals surface area contributed by atoms with Gasteiger partial charge in [-0.3, -0.25) is 4.79 Å². The van der Waals surface area contributed by atoms with E-state index in [4.69, 9.17) is 5.73 Å². The molecule has 6 heteroatoms. The standard InChI is InChI=1S/C18H19N5O/c19-16-13(6-3-9-20-16)18(24)23-10-4-5-12(11-23)17-21-14-7-1-2-8-15(14)22-17/h1-3,6-9,12H,4-5,10-11H2,(H2,19,20)(H,21,22)/t12-/m0/s1. The van der Waals surface area contributed by atoms with Gasteiger partial charge in [-0.2, -0.15) is 0 Å². The van der Waals surface area contributed by atoms with Gasteiger partial charge in [0.1, 0.15) is 11.6 Å². The van der Waals surface area contributed by atoms with Gasteiger partial charge >= 0.3 is 0 Å². The molecule has 0 radical (unpaired) electrons. The van der Waals surface area contributed by atoms with Gasteiger partial charge in [0.15, 0.2) is 0 Å². The fourth-order valence-corrected chi connectivity index (χ4v) is 3.32. The lowest BCUT2D eigenvalue weighted by atomic mass is 9.96. The van der Waals surface area contributed by atoms with Crippen molar-refractivity contribution >= 4 is 22.8 Å². The number of para-hydroxylation sites is 2. The topological polar surface area (TPSA) is 87.9 Å².